The number of rotatable bonds is 4. The molecular formula is C18H14ClNO3S. The molecule has 0 unspecified atom stereocenters. The summed E-state index contributed by atoms with van der Waals surface area (Å²) in [6, 6.07) is 10.7. The van der Waals surface area contributed by atoms with Gasteiger partial charge in [-0.1, -0.05) is 23.7 Å². The normalized spacial score (nSPS) is 17.2. The summed E-state index contributed by atoms with van der Waals surface area (Å²) in [6.07, 6.45) is 5.09. The van der Waals surface area contributed by atoms with Crippen LogP contribution in [0, 0.1) is 0 Å². The SMILES string of the molecule is CC(/C=C1\SC(=O)N(Cc2cccc(Cl)c2)C1=O)=C\c1ccco1. The molecule has 122 valence electrons. The first-order valence-electron chi connectivity index (χ1n) is 7.24. The van der Waals surface area contributed by atoms with E-state index in [1.165, 1.54) is 4.90 Å². The molecule has 0 radical (unpaired) electrons. The van der Waals surface area contributed by atoms with Gasteiger partial charge in [-0.05, 0) is 66.2 Å². The summed E-state index contributed by atoms with van der Waals surface area (Å²) in [5.74, 6) is 0.402. The maximum Gasteiger partial charge on any atom is 0.293 e. The van der Waals surface area contributed by atoms with Gasteiger partial charge in [-0.25, -0.2) is 0 Å². The Bertz CT molecular complexity index is 840. The summed E-state index contributed by atoms with van der Waals surface area (Å²) in [5, 5.41) is 0.296. The molecule has 2 amide bonds. The van der Waals surface area contributed by atoms with E-state index in [0.717, 1.165) is 22.9 Å². The number of amides is 2. The molecule has 1 saturated heterocycles. The van der Waals surface area contributed by atoms with Crippen molar-refractivity contribution in [1.29, 1.82) is 0 Å². The van der Waals surface area contributed by atoms with Gasteiger partial charge in [0.05, 0.1) is 17.7 Å². The first-order valence-corrected chi connectivity index (χ1v) is 8.44. The van der Waals surface area contributed by atoms with Crippen molar-refractivity contribution in [2.24, 2.45) is 0 Å². The lowest BCUT2D eigenvalue weighted by Gasteiger charge is -2.12. The van der Waals surface area contributed by atoms with Crippen LogP contribution >= 0.6 is 23.4 Å². The fraction of sp³-hybridized carbons (Fsp3) is 0.111. The summed E-state index contributed by atoms with van der Waals surface area (Å²) in [4.78, 5) is 26.2. The van der Waals surface area contributed by atoms with Crippen LogP contribution in [-0.4, -0.2) is 16.0 Å². The maximum atomic E-state index is 12.5. The third-order valence-electron chi connectivity index (χ3n) is 3.38. The monoisotopic (exact) mass is 359 g/mol. The number of furan rings is 1. The highest BCUT2D eigenvalue weighted by Crippen LogP contribution is 2.33. The van der Waals surface area contributed by atoms with Crippen LogP contribution in [0.2, 0.25) is 5.02 Å². The minimum absolute atomic E-state index is 0.212. The van der Waals surface area contributed by atoms with Crippen molar-refractivity contribution < 1.29 is 14.0 Å². The molecule has 3 rings (SSSR count). The van der Waals surface area contributed by atoms with Crippen LogP contribution in [-0.2, 0) is 11.3 Å². The number of carbonyl (C=O) groups is 2. The molecule has 1 aromatic heterocycles. The fourth-order valence-electron chi connectivity index (χ4n) is 2.30. The van der Waals surface area contributed by atoms with Gasteiger partial charge in [0, 0.05) is 5.02 Å². The van der Waals surface area contributed by atoms with E-state index in [2.05, 4.69) is 0 Å². The second-order valence-electron chi connectivity index (χ2n) is 5.30. The summed E-state index contributed by atoms with van der Waals surface area (Å²) < 4.78 is 5.24. The molecule has 1 aromatic carbocycles. The topological polar surface area (TPSA) is 50.5 Å². The highest BCUT2D eigenvalue weighted by molar-refractivity contribution is 8.18. The number of hydrogen-bond donors (Lipinski definition) is 0. The largest absolute Gasteiger partial charge is 0.465 e. The zero-order chi connectivity index (χ0) is 17.1. The van der Waals surface area contributed by atoms with E-state index in [1.54, 1.807) is 36.6 Å². The maximum absolute atomic E-state index is 12.5. The zero-order valence-electron chi connectivity index (χ0n) is 12.9. The quantitative estimate of drug-likeness (QED) is 0.711. The zero-order valence-corrected chi connectivity index (χ0v) is 14.4. The second kappa shape index (κ2) is 7.11. The van der Waals surface area contributed by atoms with Gasteiger partial charge in [-0.3, -0.25) is 14.5 Å². The molecule has 1 fully saturated rings. The number of allylic oxidation sites excluding steroid dienone is 2. The molecule has 0 atom stereocenters. The first kappa shape index (κ1) is 16.6. The Morgan fingerprint density at radius 3 is 2.83 bits per heavy atom. The van der Waals surface area contributed by atoms with Crippen LogP contribution in [0.4, 0.5) is 4.79 Å². The minimum Gasteiger partial charge on any atom is -0.465 e. The van der Waals surface area contributed by atoms with E-state index in [0.29, 0.717) is 15.7 Å². The predicted molar refractivity (Wildman–Crippen MR) is 95.4 cm³/mol. The Labute approximate surface area is 148 Å². The average molecular weight is 360 g/mol. The molecular weight excluding hydrogens is 346 g/mol. The van der Waals surface area contributed by atoms with Gasteiger partial charge in [0.15, 0.2) is 0 Å². The minimum atomic E-state index is -0.294. The smallest absolute Gasteiger partial charge is 0.293 e. The van der Waals surface area contributed by atoms with E-state index in [9.17, 15) is 9.59 Å². The van der Waals surface area contributed by atoms with Crippen molar-refractivity contribution in [2.45, 2.75) is 13.5 Å². The van der Waals surface area contributed by atoms with Gasteiger partial charge in [0.25, 0.3) is 11.1 Å². The van der Waals surface area contributed by atoms with Crippen LogP contribution in [0.1, 0.15) is 18.2 Å². The molecule has 4 nitrogen and oxygen atoms in total. The number of carbonyl (C=O) groups excluding carboxylic acids is 2. The lowest BCUT2D eigenvalue weighted by molar-refractivity contribution is -0.123. The average Bonchev–Trinajstić information content (AvgIpc) is 3.12. The Balaban J connectivity index is 1.77. The van der Waals surface area contributed by atoms with Crippen molar-refractivity contribution in [3.8, 4) is 0 Å². The summed E-state index contributed by atoms with van der Waals surface area (Å²) >= 11 is 6.89. The predicted octanol–water partition coefficient (Wildman–Crippen LogP) is 5.12. The molecule has 0 spiro atoms. The van der Waals surface area contributed by atoms with E-state index < -0.39 is 0 Å². The highest BCUT2D eigenvalue weighted by atomic mass is 35.5. The van der Waals surface area contributed by atoms with Crippen molar-refractivity contribution in [3.05, 3.63) is 75.6 Å². The third-order valence-corrected chi connectivity index (χ3v) is 4.52. The van der Waals surface area contributed by atoms with Gasteiger partial charge < -0.3 is 4.42 Å². The van der Waals surface area contributed by atoms with Crippen molar-refractivity contribution in [3.63, 3.8) is 0 Å². The Morgan fingerprint density at radius 1 is 1.29 bits per heavy atom. The molecule has 6 heteroatoms. The van der Waals surface area contributed by atoms with Gasteiger partial charge in [-0.2, -0.15) is 0 Å². The van der Waals surface area contributed by atoms with Crippen LogP contribution in [0.3, 0.4) is 0 Å². The second-order valence-corrected chi connectivity index (χ2v) is 6.73. The van der Waals surface area contributed by atoms with Crippen molar-refractivity contribution in [2.75, 3.05) is 0 Å². The van der Waals surface area contributed by atoms with Crippen LogP contribution in [0.15, 0.2) is 63.6 Å². The van der Waals surface area contributed by atoms with E-state index in [4.69, 9.17) is 16.0 Å². The molecule has 24 heavy (non-hydrogen) atoms. The Morgan fingerprint density at radius 2 is 2.12 bits per heavy atom. The molecule has 2 heterocycles. The van der Waals surface area contributed by atoms with Gasteiger partial charge in [-0.15, -0.1) is 0 Å². The Hall–Kier alpha value is -2.24. The standard InChI is InChI=1S/C18H14ClNO3S/c1-12(8-15-6-3-7-23-15)9-16-17(21)20(18(22)24-16)11-13-4-2-5-14(19)10-13/h2-10H,11H2,1H3/b12-8+,16-9-. The third kappa shape index (κ3) is 3.80. The number of imide groups is 1. The molecule has 0 N–H and O–H groups in total. The van der Waals surface area contributed by atoms with Crippen molar-refractivity contribution >= 4 is 40.6 Å². The number of thioether (sulfide) groups is 1. The van der Waals surface area contributed by atoms with Gasteiger partial charge in [0.1, 0.15) is 5.76 Å². The fourth-order valence-corrected chi connectivity index (χ4v) is 3.40. The summed E-state index contributed by atoms with van der Waals surface area (Å²) in [5.41, 5.74) is 1.65. The molecule has 0 saturated carbocycles. The molecule has 0 bridgehead atoms. The van der Waals surface area contributed by atoms with Crippen LogP contribution < -0.4 is 0 Å². The first-order chi connectivity index (χ1) is 11.5. The molecule has 1 aliphatic rings. The highest BCUT2D eigenvalue weighted by Gasteiger charge is 2.34. The number of benzene rings is 1. The van der Waals surface area contributed by atoms with Crippen LogP contribution in [0.5, 0.6) is 0 Å². The van der Waals surface area contributed by atoms with Gasteiger partial charge in [0.2, 0.25) is 0 Å². The van der Waals surface area contributed by atoms with Crippen LogP contribution in [0.25, 0.3) is 6.08 Å². The molecule has 0 aliphatic carbocycles. The van der Waals surface area contributed by atoms with E-state index in [1.807, 2.05) is 25.1 Å². The summed E-state index contributed by atoms with van der Waals surface area (Å²) in [6.45, 7) is 2.07. The van der Waals surface area contributed by atoms with Gasteiger partial charge >= 0.3 is 0 Å². The number of halogens is 1. The van der Waals surface area contributed by atoms with Crippen molar-refractivity contribution in [1.82, 2.24) is 4.90 Å². The van der Waals surface area contributed by atoms with E-state index >= 15 is 0 Å². The molecule has 1 aliphatic heterocycles. The molecule has 2 aromatic rings. The summed E-state index contributed by atoms with van der Waals surface area (Å²) in [7, 11) is 0. The lowest BCUT2D eigenvalue weighted by Crippen LogP contribution is -2.27. The number of nitrogens with zero attached hydrogens (tertiary/aromatic N) is 1. The lowest BCUT2D eigenvalue weighted by atomic mass is 10.2. The Kier molecular flexibility index (Phi) is 4.92. The van der Waals surface area contributed by atoms with E-state index in [-0.39, 0.29) is 17.7 Å². The number of hydrogen-bond acceptors (Lipinski definition) is 4.